The molecule has 0 saturated carbocycles. The van der Waals surface area contributed by atoms with Crippen molar-refractivity contribution in [1.82, 2.24) is 19.4 Å². The maximum absolute atomic E-state index is 11.8. The average molecular weight is 270 g/mol. The molecule has 0 atom stereocenters. The Bertz CT molecular complexity index is 371. The summed E-state index contributed by atoms with van der Waals surface area (Å²) in [7, 11) is 1.70. The van der Waals surface area contributed by atoms with E-state index in [4.69, 9.17) is 4.74 Å². The lowest BCUT2D eigenvalue weighted by Crippen LogP contribution is -2.47. The van der Waals surface area contributed by atoms with Gasteiger partial charge in [-0.2, -0.15) is 8.75 Å². The fourth-order valence-corrected chi connectivity index (χ4v) is 2.67. The molecular formula is C11H18N4O2S. The van der Waals surface area contributed by atoms with Crippen molar-refractivity contribution in [2.45, 2.75) is 12.8 Å². The van der Waals surface area contributed by atoms with Gasteiger partial charge in [0.25, 0.3) is 5.91 Å². The number of amides is 1. The fourth-order valence-electron chi connectivity index (χ4n) is 2.26. The number of piperidine rings is 1. The van der Waals surface area contributed by atoms with E-state index in [2.05, 4.69) is 19.4 Å². The average Bonchev–Trinajstić information content (AvgIpc) is 2.91. The van der Waals surface area contributed by atoms with Crippen LogP contribution in [0.15, 0.2) is 6.20 Å². The van der Waals surface area contributed by atoms with Crippen LogP contribution in [0.2, 0.25) is 0 Å². The van der Waals surface area contributed by atoms with Crippen LogP contribution in [0.4, 0.5) is 0 Å². The van der Waals surface area contributed by atoms with E-state index in [0.29, 0.717) is 18.8 Å². The first-order valence-corrected chi connectivity index (χ1v) is 6.74. The molecule has 1 saturated heterocycles. The molecule has 18 heavy (non-hydrogen) atoms. The van der Waals surface area contributed by atoms with Crippen LogP contribution in [0, 0.1) is 5.41 Å². The van der Waals surface area contributed by atoms with Gasteiger partial charge in [0.1, 0.15) is 0 Å². The zero-order valence-electron chi connectivity index (χ0n) is 10.4. The van der Waals surface area contributed by atoms with Gasteiger partial charge in [0.2, 0.25) is 0 Å². The van der Waals surface area contributed by atoms with E-state index >= 15 is 0 Å². The van der Waals surface area contributed by atoms with Gasteiger partial charge in [0.15, 0.2) is 5.69 Å². The van der Waals surface area contributed by atoms with Crippen LogP contribution >= 0.6 is 11.7 Å². The molecule has 0 aliphatic carbocycles. The summed E-state index contributed by atoms with van der Waals surface area (Å²) in [6.07, 6.45) is 3.51. The lowest BCUT2D eigenvalue weighted by molar-refractivity contribution is 0.0511. The molecular weight excluding hydrogens is 252 g/mol. The topological polar surface area (TPSA) is 76.1 Å². The van der Waals surface area contributed by atoms with Crippen LogP contribution in [-0.4, -0.2) is 48.0 Å². The van der Waals surface area contributed by atoms with Crippen LogP contribution in [0.1, 0.15) is 23.3 Å². The van der Waals surface area contributed by atoms with Crippen molar-refractivity contribution in [1.29, 1.82) is 0 Å². The lowest BCUT2D eigenvalue weighted by Gasteiger charge is -2.37. The molecule has 100 valence electrons. The quantitative estimate of drug-likeness (QED) is 0.804. The van der Waals surface area contributed by atoms with Crippen molar-refractivity contribution in [2.24, 2.45) is 5.41 Å². The Morgan fingerprint density at radius 1 is 1.61 bits per heavy atom. The highest BCUT2D eigenvalue weighted by molar-refractivity contribution is 6.99. The van der Waals surface area contributed by atoms with Gasteiger partial charge in [-0.25, -0.2) is 0 Å². The molecule has 7 heteroatoms. The summed E-state index contributed by atoms with van der Waals surface area (Å²) >= 11 is 1.04. The number of nitrogens with one attached hydrogen (secondary N) is 2. The van der Waals surface area contributed by atoms with Gasteiger partial charge in [-0.05, 0) is 25.9 Å². The predicted octanol–water partition coefficient (Wildman–Crippen LogP) is 0.284. The zero-order valence-corrected chi connectivity index (χ0v) is 11.3. The number of rotatable bonds is 5. The lowest BCUT2D eigenvalue weighted by atomic mass is 9.79. The Morgan fingerprint density at radius 3 is 3.00 bits per heavy atom. The van der Waals surface area contributed by atoms with Crippen molar-refractivity contribution in [3.63, 3.8) is 0 Å². The third-order valence-electron chi connectivity index (χ3n) is 3.33. The molecule has 1 aliphatic heterocycles. The summed E-state index contributed by atoms with van der Waals surface area (Å²) in [6.45, 7) is 3.23. The highest BCUT2D eigenvalue weighted by Crippen LogP contribution is 2.28. The van der Waals surface area contributed by atoms with E-state index in [1.807, 2.05) is 0 Å². The number of carbonyl (C=O) groups excluding carboxylic acids is 1. The summed E-state index contributed by atoms with van der Waals surface area (Å²) in [5.74, 6) is -0.155. The molecule has 2 heterocycles. The molecule has 0 bridgehead atoms. The van der Waals surface area contributed by atoms with Gasteiger partial charge in [-0.15, -0.1) is 0 Å². The number of nitrogens with zero attached hydrogens (tertiary/aromatic N) is 2. The Hall–Kier alpha value is -1.05. The van der Waals surface area contributed by atoms with E-state index in [1.165, 1.54) is 6.20 Å². The predicted molar refractivity (Wildman–Crippen MR) is 68.7 cm³/mol. The third-order valence-corrected chi connectivity index (χ3v) is 3.81. The molecule has 2 rings (SSSR count). The van der Waals surface area contributed by atoms with Crippen LogP contribution < -0.4 is 10.6 Å². The summed E-state index contributed by atoms with van der Waals surface area (Å²) in [6, 6.07) is 0. The Labute approximate surface area is 110 Å². The minimum atomic E-state index is -0.155. The first-order valence-electron chi connectivity index (χ1n) is 6.01. The smallest absolute Gasteiger partial charge is 0.272 e. The molecule has 1 amide bonds. The first kappa shape index (κ1) is 13.4. The SMILES string of the molecule is COCC1(CNC(=O)c2cnsn2)CCNCC1. The van der Waals surface area contributed by atoms with Gasteiger partial charge in [-0.3, -0.25) is 4.79 Å². The Balaban J connectivity index is 1.91. The minimum Gasteiger partial charge on any atom is -0.384 e. The number of aromatic nitrogens is 2. The van der Waals surface area contributed by atoms with Crippen LogP contribution in [0.3, 0.4) is 0 Å². The van der Waals surface area contributed by atoms with E-state index in [0.717, 1.165) is 37.7 Å². The van der Waals surface area contributed by atoms with Crippen LogP contribution in [0.5, 0.6) is 0 Å². The number of methoxy groups -OCH3 is 1. The second kappa shape index (κ2) is 6.21. The molecule has 0 radical (unpaired) electrons. The molecule has 1 aromatic heterocycles. The summed E-state index contributed by atoms with van der Waals surface area (Å²) in [4.78, 5) is 11.8. The van der Waals surface area contributed by atoms with Gasteiger partial charge < -0.3 is 15.4 Å². The summed E-state index contributed by atoms with van der Waals surface area (Å²) in [5, 5.41) is 6.26. The first-order chi connectivity index (χ1) is 8.76. The number of hydrogen-bond donors (Lipinski definition) is 2. The van der Waals surface area contributed by atoms with E-state index in [-0.39, 0.29) is 11.3 Å². The maximum atomic E-state index is 11.8. The third kappa shape index (κ3) is 3.24. The van der Waals surface area contributed by atoms with Gasteiger partial charge in [0.05, 0.1) is 24.5 Å². The largest absolute Gasteiger partial charge is 0.384 e. The maximum Gasteiger partial charge on any atom is 0.272 e. The second-order valence-corrected chi connectivity index (χ2v) is 5.22. The van der Waals surface area contributed by atoms with Crippen molar-refractivity contribution in [3.05, 3.63) is 11.9 Å². The van der Waals surface area contributed by atoms with Gasteiger partial charge >= 0.3 is 0 Å². The number of carbonyl (C=O) groups is 1. The van der Waals surface area contributed by atoms with Gasteiger partial charge in [-0.1, -0.05) is 0 Å². The molecule has 0 spiro atoms. The molecule has 1 aliphatic rings. The Morgan fingerprint density at radius 2 is 2.39 bits per heavy atom. The summed E-state index contributed by atoms with van der Waals surface area (Å²) in [5.41, 5.74) is 0.431. The van der Waals surface area contributed by atoms with Crippen molar-refractivity contribution < 1.29 is 9.53 Å². The van der Waals surface area contributed by atoms with Crippen molar-refractivity contribution in [3.8, 4) is 0 Å². The number of hydrogen-bond acceptors (Lipinski definition) is 6. The van der Waals surface area contributed by atoms with Crippen molar-refractivity contribution in [2.75, 3.05) is 33.4 Å². The highest BCUT2D eigenvalue weighted by Gasteiger charge is 2.32. The monoisotopic (exact) mass is 270 g/mol. The molecule has 0 aromatic carbocycles. The minimum absolute atomic E-state index is 0.0408. The molecule has 2 N–H and O–H groups in total. The molecule has 6 nitrogen and oxygen atoms in total. The number of ether oxygens (including phenoxy) is 1. The second-order valence-electron chi connectivity index (χ2n) is 4.66. The molecule has 1 aromatic rings. The van der Waals surface area contributed by atoms with Gasteiger partial charge in [0, 0.05) is 19.1 Å². The standard InChI is InChI=1S/C11H18N4O2S/c1-17-8-11(2-4-12-5-3-11)7-13-10(16)9-6-14-18-15-9/h6,12H,2-5,7-8H2,1H3,(H,13,16). The van der Waals surface area contributed by atoms with Crippen LogP contribution in [0.25, 0.3) is 0 Å². The molecule has 1 fully saturated rings. The van der Waals surface area contributed by atoms with Crippen molar-refractivity contribution >= 4 is 17.6 Å². The summed E-state index contributed by atoms with van der Waals surface area (Å²) < 4.78 is 13.1. The normalized spacial score (nSPS) is 18.5. The fraction of sp³-hybridized carbons (Fsp3) is 0.727. The highest BCUT2D eigenvalue weighted by atomic mass is 32.1. The van der Waals surface area contributed by atoms with E-state index < -0.39 is 0 Å². The Kier molecular flexibility index (Phi) is 4.62. The van der Waals surface area contributed by atoms with E-state index in [1.54, 1.807) is 7.11 Å². The van der Waals surface area contributed by atoms with Crippen LogP contribution in [-0.2, 0) is 4.74 Å². The molecule has 0 unspecified atom stereocenters. The van der Waals surface area contributed by atoms with E-state index in [9.17, 15) is 4.79 Å². The zero-order chi connectivity index (χ0) is 12.8.